The normalized spacial score (nSPS) is 15.1. The summed E-state index contributed by atoms with van der Waals surface area (Å²) in [4.78, 5) is 13.3. The highest BCUT2D eigenvalue weighted by Crippen LogP contribution is 2.27. The molecule has 1 saturated carbocycles. The molecule has 3 N–H and O–H groups in total. The Morgan fingerprint density at radius 1 is 1.60 bits per heavy atom. The lowest BCUT2D eigenvalue weighted by atomic mass is 10.3. The van der Waals surface area contributed by atoms with Crippen LogP contribution >= 0.6 is 0 Å². The van der Waals surface area contributed by atoms with Crippen LogP contribution in [0.1, 0.15) is 33.1 Å². The fourth-order valence-electron chi connectivity index (χ4n) is 1.32. The summed E-state index contributed by atoms with van der Waals surface area (Å²) in [7, 11) is 0. The monoisotopic (exact) mass is 213 g/mol. The molecular formula is C10H19N3O2. The number of hydrogen-bond donors (Lipinski definition) is 2. The summed E-state index contributed by atoms with van der Waals surface area (Å²) < 4.78 is 5.12. The maximum atomic E-state index is 11.6. The van der Waals surface area contributed by atoms with E-state index in [9.17, 15) is 4.79 Å². The maximum absolute atomic E-state index is 11.6. The molecule has 1 aliphatic carbocycles. The van der Waals surface area contributed by atoms with Gasteiger partial charge in [0.2, 0.25) is 0 Å². The zero-order valence-corrected chi connectivity index (χ0v) is 9.32. The van der Waals surface area contributed by atoms with E-state index in [0.717, 1.165) is 12.8 Å². The van der Waals surface area contributed by atoms with Crippen LogP contribution in [0.15, 0.2) is 0 Å². The van der Waals surface area contributed by atoms with E-state index in [-0.39, 0.29) is 18.0 Å². The van der Waals surface area contributed by atoms with Crippen molar-refractivity contribution < 1.29 is 9.53 Å². The van der Waals surface area contributed by atoms with E-state index in [0.29, 0.717) is 19.0 Å². The lowest BCUT2D eigenvalue weighted by Gasteiger charge is -2.22. The molecule has 1 fully saturated rings. The zero-order valence-electron chi connectivity index (χ0n) is 9.32. The predicted molar refractivity (Wildman–Crippen MR) is 57.9 cm³/mol. The molecule has 1 aliphatic rings. The summed E-state index contributed by atoms with van der Waals surface area (Å²) in [5.74, 6) is 0.109. The first kappa shape index (κ1) is 11.8. The van der Waals surface area contributed by atoms with Gasteiger partial charge < -0.3 is 15.4 Å². The topological polar surface area (TPSA) is 79.4 Å². The molecule has 0 saturated heterocycles. The lowest BCUT2D eigenvalue weighted by molar-refractivity contribution is 0.0753. The van der Waals surface area contributed by atoms with Gasteiger partial charge in [0.15, 0.2) is 0 Å². The average Bonchev–Trinajstić information content (AvgIpc) is 2.86. The van der Waals surface area contributed by atoms with Crippen LogP contribution in [0, 0.1) is 5.41 Å². The fourth-order valence-corrected chi connectivity index (χ4v) is 1.32. The smallest absolute Gasteiger partial charge is 0.410 e. The van der Waals surface area contributed by atoms with Crippen LogP contribution in [0.2, 0.25) is 0 Å². The van der Waals surface area contributed by atoms with Gasteiger partial charge in [0.25, 0.3) is 0 Å². The largest absolute Gasteiger partial charge is 0.447 e. The Hall–Kier alpha value is -1.26. The van der Waals surface area contributed by atoms with Gasteiger partial charge in [-0.15, -0.1) is 0 Å². The number of rotatable bonds is 5. The molecule has 0 bridgehead atoms. The van der Waals surface area contributed by atoms with Crippen molar-refractivity contribution in [3.05, 3.63) is 0 Å². The summed E-state index contributed by atoms with van der Waals surface area (Å²) in [5.41, 5.74) is 5.27. The van der Waals surface area contributed by atoms with Crippen molar-refractivity contribution in [1.29, 1.82) is 5.41 Å². The third-order valence-electron chi connectivity index (χ3n) is 2.18. The van der Waals surface area contributed by atoms with E-state index in [2.05, 4.69) is 0 Å². The predicted octanol–water partition coefficient (Wildman–Crippen LogP) is 1.32. The third-order valence-corrected chi connectivity index (χ3v) is 2.18. The molecule has 5 heteroatoms. The second-order valence-electron chi connectivity index (χ2n) is 4.13. The SMILES string of the molecule is CC(C)OC(=O)N(CCC(=N)N)C1CC1. The van der Waals surface area contributed by atoms with Crippen molar-refractivity contribution >= 4 is 11.9 Å². The van der Waals surface area contributed by atoms with Crippen molar-refractivity contribution in [2.75, 3.05) is 6.54 Å². The Balaban J connectivity index is 2.42. The molecule has 0 radical (unpaired) electrons. The van der Waals surface area contributed by atoms with Gasteiger partial charge in [0.05, 0.1) is 11.9 Å². The number of nitrogens with zero attached hydrogens (tertiary/aromatic N) is 1. The maximum Gasteiger partial charge on any atom is 0.410 e. The fraction of sp³-hybridized carbons (Fsp3) is 0.800. The van der Waals surface area contributed by atoms with Crippen molar-refractivity contribution in [1.82, 2.24) is 4.90 Å². The number of carbonyl (C=O) groups excluding carboxylic acids is 1. The molecule has 0 unspecified atom stereocenters. The molecule has 1 rings (SSSR count). The summed E-state index contributed by atoms with van der Waals surface area (Å²) in [6, 6.07) is 0.301. The number of nitrogens with one attached hydrogen (secondary N) is 1. The van der Waals surface area contributed by atoms with Gasteiger partial charge in [-0.05, 0) is 26.7 Å². The van der Waals surface area contributed by atoms with Crippen molar-refractivity contribution in [3.8, 4) is 0 Å². The molecule has 0 aromatic rings. The van der Waals surface area contributed by atoms with Gasteiger partial charge in [-0.3, -0.25) is 5.41 Å². The van der Waals surface area contributed by atoms with Crippen LogP contribution in [0.25, 0.3) is 0 Å². The Morgan fingerprint density at radius 2 is 2.20 bits per heavy atom. The Morgan fingerprint density at radius 3 is 2.60 bits per heavy atom. The Kier molecular flexibility index (Phi) is 3.94. The molecule has 86 valence electrons. The van der Waals surface area contributed by atoms with Crippen molar-refractivity contribution in [2.45, 2.75) is 45.3 Å². The molecule has 0 aromatic heterocycles. The molecule has 0 heterocycles. The summed E-state index contributed by atoms with van der Waals surface area (Å²) in [5, 5.41) is 7.13. The number of amides is 1. The van der Waals surface area contributed by atoms with Gasteiger partial charge in [0.1, 0.15) is 0 Å². The quantitative estimate of drug-likeness (QED) is 0.534. The van der Waals surface area contributed by atoms with Crippen LogP contribution in [0.3, 0.4) is 0 Å². The van der Waals surface area contributed by atoms with Crippen molar-refractivity contribution in [3.63, 3.8) is 0 Å². The van der Waals surface area contributed by atoms with E-state index in [1.54, 1.807) is 4.90 Å². The number of hydrogen-bond acceptors (Lipinski definition) is 3. The minimum atomic E-state index is -0.284. The number of carbonyl (C=O) groups is 1. The van der Waals surface area contributed by atoms with Gasteiger partial charge in [-0.25, -0.2) is 4.79 Å². The van der Waals surface area contributed by atoms with E-state index in [1.807, 2.05) is 13.8 Å². The molecule has 15 heavy (non-hydrogen) atoms. The highest BCUT2D eigenvalue weighted by molar-refractivity contribution is 5.78. The second kappa shape index (κ2) is 5.00. The van der Waals surface area contributed by atoms with Crippen LogP contribution < -0.4 is 5.73 Å². The van der Waals surface area contributed by atoms with Crippen LogP contribution in [-0.4, -0.2) is 35.5 Å². The highest BCUT2D eigenvalue weighted by Gasteiger charge is 2.33. The minimum Gasteiger partial charge on any atom is -0.447 e. The molecule has 0 aliphatic heterocycles. The van der Waals surface area contributed by atoms with E-state index < -0.39 is 0 Å². The zero-order chi connectivity index (χ0) is 11.4. The van der Waals surface area contributed by atoms with Gasteiger partial charge >= 0.3 is 6.09 Å². The Bertz CT molecular complexity index is 249. The second-order valence-corrected chi connectivity index (χ2v) is 4.13. The van der Waals surface area contributed by atoms with Gasteiger partial charge in [0, 0.05) is 19.0 Å². The molecule has 0 aromatic carbocycles. The lowest BCUT2D eigenvalue weighted by Crippen LogP contribution is -2.37. The summed E-state index contributed by atoms with van der Waals surface area (Å²) >= 11 is 0. The third kappa shape index (κ3) is 4.18. The molecule has 0 spiro atoms. The number of nitrogens with two attached hydrogens (primary N) is 1. The molecule has 0 atom stereocenters. The van der Waals surface area contributed by atoms with Crippen LogP contribution in [0.5, 0.6) is 0 Å². The first-order valence-corrected chi connectivity index (χ1v) is 5.31. The van der Waals surface area contributed by atoms with E-state index >= 15 is 0 Å². The first-order chi connectivity index (χ1) is 7.00. The van der Waals surface area contributed by atoms with Crippen molar-refractivity contribution in [2.24, 2.45) is 5.73 Å². The van der Waals surface area contributed by atoms with Crippen LogP contribution in [-0.2, 0) is 4.74 Å². The van der Waals surface area contributed by atoms with E-state index in [1.165, 1.54) is 0 Å². The molecule has 1 amide bonds. The van der Waals surface area contributed by atoms with Crippen LogP contribution in [0.4, 0.5) is 4.79 Å². The minimum absolute atomic E-state index is 0.101. The first-order valence-electron chi connectivity index (χ1n) is 5.31. The standard InChI is InChI=1S/C10H19N3O2/c1-7(2)15-10(14)13(8-3-4-8)6-5-9(11)12/h7-8H,3-6H2,1-2H3,(H3,11,12). The van der Waals surface area contributed by atoms with Gasteiger partial charge in [-0.2, -0.15) is 0 Å². The highest BCUT2D eigenvalue weighted by atomic mass is 16.6. The average molecular weight is 213 g/mol. The number of amidine groups is 1. The summed E-state index contributed by atoms with van der Waals surface area (Å²) in [6.07, 6.45) is 2.10. The number of ether oxygens (including phenoxy) is 1. The summed E-state index contributed by atoms with van der Waals surface area (Å²) in [6.45, 7) is 4.15. The van der Waals surface area contributed by atoms with Gasteiger partial charge in [-0.1, -0.05) is 0 Å². The van der Waals surface area contributed by atoms with E-state index in [4.69, 9.17) is 15.9 Å². The molecule has 5 nitrogen and oxygen atoms in total. The molecular weight excluding hydrogens is 194 g/mol. The Labute approximate surface area is 90.1 Å².